The van der Waals surface area contributed by atoms with Crippen molar-refractivity contribution in [2.45, 2.75) is 104 Å². The maximum absolute atomic E-state index is 14.6. The number of amides is 4. The van der Waals surface area contributed by atoms with Gasteiger partial charge in [-0.05, 0) is 74.8 Å². The first-order valence-corrected chi connectivity index (χ1v) is 14.3. The van der Waals surface area contributed by atoms with E-state index in [1.165, 1.54) is 62.3 Å². The molecule has 1 fully saturated rings. The van der Waals surface area contributed by atoms with E-state index in [1.54, 1.807) is 0 Å². The molecule has 48 heavy (non-hydrogen) atoms. The molecule has 2 rings (SSSR count). The number of hydrogen-bond acceptors (Lipinski definition) is 11. The Balaban J connectivity index is 2.83. The van der Waals surface area contributed by atoms with Gasteiger partial charge in [0, 0.05) is 13.0 Å². The lowest BCUT2D eigenvalue weighted by Crippen LogP contribution is -2.61. The standard InChI is InChI=1S/C29H38F6N4O9/c1-24(2,3)46-21(42)38-14-15(28(30,31)32)12-27(19(38)40,20(41)45-10)13-17-16(29(33,34)35)11-18(37-36-17)39(22(43)47-25(4,5)6)23(44)48-26(7,8)9/h11,15H,12-14H2,1-10H3/t15-,27?/m1/s1. The van der Waals surface area contributed by atoms with Crippen LogP contribution in [0.25, 0.3) is 0 Å². The first kappa shape index (κ1) is 40.0. The summed E-state index contributed by atoms with van der Waals surface area (Å²) in [5.74, 6) is -7.00. The highest BCUT2D eigenvalue weighted by molar-refractivity contribution is 6.09. The first-order chi connectivity index (χ1) is 21.4. The van der Waals surface area contributed by atoms with Crippen molar-refractivity contribution in [3.63, 3.8) is 0 Å². The van der Waals surface area contributed by atoms with Crippen LogP contribution in [0.3, 0.4) is 0 Å². The molecule has 0 N–H and O–H groups in total. The normalized spacial score (nSPS) is 19.4. The van der Waals surface area contributed by atoms with Crippen molar-refractivity contribution in [1.29, 1.82) is 0 Å². The van der Waals surface area contributed by atoms with Gasteiger partial charge in [-0.2, -0.15) is 36.3 Å². The van der Waals surface area contributed by atoms with Gasteiger partial charge in [0.1, 0.15) is 16.8 Å². The highest BCUT2D eigenvalue weighted by Gasteiger charge is 2.61. The van der Waals surface area contributed by atoms with E-state index in [1.807, 2.05) is 0 Å². The number of piperidine rings is 1. The molecular weight excluding hydrogens is 662 g/mol. The molecule has 2 atom stereocenters. The number of likely N-dealkylation sites (tertiary alicyclic amines) is 1. The van der Waals surface area contributed by atoms with Crippen LogP contribution < -0.4 is 4.90 Å². The molecule has 0 radical (unpaired) electrons. The summed E-state index contributed by atoms with van der Waals surface area (Å²) in [5, 5.41) is 6.94. The molecule has 0 saturated carbocycles. The van der Waals surface area contributed by atoms with Gasteiger partial charge in [0.15, 0.2) is 11.2 Å². The Kier molecular flexibility index (Phi) is 11.1. The van der Waals surface area contributed by atoms with Crippen LogP contribution in [-0.2, 0) is 41.1 Å². The van der Waals surface area contributed by atoms with Gasteiger partial charge in [-0.3, -0.25) is 9.59 Å². The number of aromatic nitrogens is 2. The lowest BCUT2D eigenvalue weighted by atomic mass is 9.71. The van der Waals surface area contributed by atoms with Crippen LogP contribution in [0.5, 0.6) is 0 Å². The van der Waals surface area contributed by atoms with Gasteiger partial charge >= 0.3 is 36.6 Å². The van der Waals surface area contributed by atoms with Crippen molar-refractivity contribution in [2.75, 3.05) is 18.6 Å². The molecule has 0 aromatic carbocycles. The molecule has 0 aliphatic carbocycles. The largest absolute Gasteiger partial charge is 0.468 e. The summed E-state index contributed by atoms with van der Waals surface area (Å²) in [4.78, 5) is 65.8. The molecular formula is C29H38F6N4O9. The molecule has 2 heterocycles. The lowest BCUT2D eigenvalue weighted by molar-refractivity contribution is -0.204. The van der Waals surface area contributed by atoms with Gasteiger partial charge in [-0.15, -0.1) is 5.10 Å². The number of ether oxygens (including phenoxy) is 4. The molecule has 4 amide bonds. The lowest BCUT2D eigenvalue weighted by Gasteiger charge is -2.43. The zero-order valence-corrected chi connectivity index (χ0v) is 28.0. The molecule has 0 bridgehead atoms. The van der Waals surface area contributed by atoms with E-state index in [0.717, 1.165) is 0 Å². The smallest absolute Gasteiger partial charge is 0.425 e. The van der Waals surface area contributed by atoms with Crippen LogP contribution >= 0.6 is 0 Å². The van der Waals surface area contributed by atoms with Crippen LogP contribution in [0.2, 0.25) is 0 Å². The Bertz CT molecular complexity index is 1400. The molecule has 1 aliphatic rings. The van der Waals surface area contributed by atoms with Crippen molar-refractivity contribution >= 4 is 36.0 Å². The van der Waals surface area contributed by atoms with Crippen molar-refractivity contribution in [1.82, 2.24) is 15.1 Å². The Labute approximate surface area is 272 Å². The number of rotatable bonds is 4. The summed E-state index contributed by atoms with van der Waals surface area (Å²) in [6, 6.07) is 0.154. The Morgan fingerprint density at radius 2 is 1.33 bits per heavy atom. The number of halogens is 6. The number of imide groups is 2. The molecule has 1 aromatic heterocycles. The van der Waals surface area contributed by atoms with Gasteiger partial charge in [0.05, 0.1) is 24.3 Å². The SMILES string of the molecule is COC(=O)C1(Cc2nnc(N(C(=O)OC(C)(C)C)C(=O)OC(C)(C)C)cc2C(F)(F)F)C[C@@H](C(F)(F)F)CN(C(=O)OC(C)(C)C)C1=O. The predicted molar refractivity (Wildman–Crippen MR) is 152 cm³/mol. The minimum Gasteiger partial charge on any atom is -0.468 e. The van der Waals surface area contributed by atoms with Crippen LogP contribution in [0.15, 0.2) is 6.07 Å². The minimum absolute atomic E-state index is 0.00830. The number of methoxy groups -OCH3 is 1. The van der Waals surface area contributed by atoms with Crippen molar-refractivity contribution < 1.29 is 69.3 Å². The predicted octanol–water partition coefficient (Wildman–Crippen LogP) is 6.22. The van der Waals surface area contributed by atoms with Crippen molar-refractivity contribution in [3.05, 3.63) is 17.3 Å². The van der Waals surface area contributed by atoms with E-state index in [2.05, 4.69) is 14.9 Å². The minimum atomic E-state index is -5.42. The van der Waals surface area contributed by atoms with Crippen molar-refractivity contribution in [2.24, 2.45) is 11.3 Å². The number of carbonyl (C=O) groups is 5. The van der Waals surface area contributed by atoms with Gasteiger partial charge in [-0.1, -0.05) is 0 Å². The van der Waals surface area contributed by atoms with Crippen LogP contribution in [-0.4, -0.2) is 81.9 Å². The quantitative estimate of drug-likeness (QED) is 0.152. The second kappa shape index (κ2) is 13.4. The summed E-state index contributed by atoms with van der Waals surface area (Å²) < 4.78 is 106. The molecule has 1 aliphatic heterocycles. The van der Waals surface area contributed by atoms with E-state index in [-0.39, 0.29) is 15.9 Å². The van der Waals surface area contributed by atoms with E-state index >= 15 is 0 Å². The molecule has 13 nitrogen and oxygen atoms in total. The number of esters is 1. The summed E-state index contributed by atoms with van der Waals surface area (Å²) in [7, 11) is 0.686. The molecule has 0 spiro atoms. The highest BCUT2D eigenvalue weighted by Crippen LogP contribution is 2.46. The van der Waals surface area contributed by atoms with E-state index < -0.39 is 107 Å². The second-order valence-corrected chi connectivity index (χ2v) is 13.9. The molecule has 1 saturated heterocycles. The number of nitrogens with zero attached hydrogens (tertiary/aromatic N) is 4. The van der Waals surface area contributed by atoms with Crippen LogP contribution in [0.4, 0.5) is 46.5 Å². The third-order valence-corrected chi connectivity index (χ3v) is 6.32. The van der Waals surface area contributed by atoms with Gasteiger partial charge in [0.25, 0.3) is 0 Å². The zero-order chi connectivity index (χ0) is 37.4. The average molecular weight is 701 g/mol. The Morgan fingerprint density at radius 1 is 0.854 bits per heavy atom. The fourth-order valence-electron chi connectivity index (χ4n) is 4.47. The number of carbonyl (C=O) groups excluding carboxylic acids is 5. The number of alkyl halides is 6. The Hall–Kier alpha value is -4.19. The molecule has 19 heteroatoms. The highest BCUT2D eigenvalue weighted by atomic mass is 19.4. The first-order valence-electron chi connectivity index (χ1n) is 14.3. The van der Waals surface area contributed by atoms with Gasteiger partial charge < -0.3 is 18.9 Å². The zero-order valence-electron chi connectivity index (χ0n) is 28.0. The van der Waals surface area contributed by atoms with Crippen LogP contribution in [0.1, 0.15) is 80.0 Å². The summed E-state index contributed by atoms with van der Waals surface area (Å²) in [6.45, 7) is 11.1. The van der Waals surface area contributed by atoms with E-state index in [0.29, 0.717) is 7.11 Å². The van der Waals surface area contributed by atoms with Crippen molar-refractivity contribution in [3.8, 4) is 0 Å². The van der Waals surface area contributed by atoms with Gasteiger partial charge in [0.2, 0.25) is 5.91 Å². The van der Waals surface area contributed by atoms with Crippen LogP contribution in [0, 0.1) is 11.3 Å². The van der Waals surface area contributed by atoms with Gasteiger partial charge in [-0.25, -0.2) is 19.3 Å². The molecule has 270 valence electrons. The average Bonchev–Trinajstić information content (AvgIpc) is 2.85. The second-order valence-electron chi connectivity index (χ2n) is 13.9. The maximum Gasteiger partial charge on any atom is 0.425 e. The Morgan fingerprint density at radius 3 is 1.73 bits per heavy atom. The van der Waals surface area contributed by atoms with E-state index in [9.17, 15) is 50.3 Å². The number of anilines is 1. The fourth-order valence-corrected chi connectivity index (χ4v) is 4.47. The topological polar surface area (TPSA) is 155 Å². The molecule has 1 unspecified atom stereocenters. The third-order valence-electron chi connectivity index (χ3n) is 6.32. The fraction of sp³-hybridized carbons (Fsp3) is 0.690. The molecule has 1 aromatic rings. The maximum atomic E-state index is 14.6. The summed E-state index contributed by atoms with van der Waals surface area (Å²) >= 11 is 0. The summed E-state index contributed by atoms with van der Waals surface area (Å²) in [5.41, 5.74) is -9.98. The monoisotopic (exact) mass is 700 g/mol. The number of hydrogen-bond donors (Lipinski definition) is 0. The van der Waals surface area contributed by atoms with E-state index in [4.69, 9.17) is 14.2 Å². The summed E-state index contributed by atoms with van der Waals surface area (Å²) in [6.07, 6.45) is -18.1. The third kappa shape index (κ3) is 9.91.